The van der Waals surface area contributed by atoms with E-state index in [2.05, 4.69) is 0 Å². The number of nitriles is 1. The van der Waals surface area contributed by atoms with Crippen LogP contribution in [-0.2, 0) is 0 Å². The van der Waals surface area contributed by atoms with E-state index in [-0.39, 0.29) is 18.1 Å². The minimum Gasteiger partial charge on any atom is -0.507 e. The molecule has 23 heavy (non-hydrogen) atoms. The van der Waals surface area contributed by atoms with Gasteiger partial charge in [-0.15, -0.1) is 0 Å². The quantitative estimate of drug-likeness (QED) is 0.673. The summed E-state index contributed by atoms with van der Waals surface area (Å²) >= 11 is 0. The van der Waals surface area contributed by atoms with Gasteiger partial charge in [0.15, 0.2) is 12.4 Å². The number of allylic oxidation sites excluding steroid dienone is 1. The first-order chi connectivity index (χ1) is 11.0. The number of ketones is 1. The number of carbonyl (C=O) groups is 1. The minimum atomic E-state index is -0.125. The van der Waals surface area contributed by atoms with Crippen molar-refractivity contribution >= 4 is 11.9 Å². The Morgan fingerprint density at radius 2 is 1.83 bits per heavy atom. The number of phenolic OH excluding ortho intramolecular Hbond substituents is 1. The Balaban J connectivity index is 2.11. The molecule has 0 unspecified atom stereocenters. The number of phenols is 1. The standard InChI is InChI=1S/C19H17NO3/c1-13-11-15(12-14(2)19(13)22)3-8-18(21)16-4-6-17(7-5-16)23-10-9-20/h3-8,11-12,22H,10H2,1-2H3/b8-3+. The van der Waals surface area contributed by atoms with E-state index in [4.69, 9.17) is 10.00 Å². The van der Waals surface area contributed by atoms with Crippen molar-refractivity contribution < 1.29 is 14.6 Å². The van der Waals surface area contributed by atoms with E-state index in [1.165, 1.54) is 6.08 Å². The second kappa shape index (κ2) is 7.28. The lowest BCUT2D eigenvalue weighted by Gasteiger charge is -2.05. The van der Waals surface area contributed by atoms with Gasteiger partial charge in [0.1, 0.15) is 17.6 Å². The molecule has 1 N–H and O–H groups in total. The molecule has 0 saturated heterocycles. The lowest BCUT2D eigenvalue weighted by Crippen LogP contribution is -1.96. The number of hydrogen-bond acceptors (Lipinski definition) is 4. The van der Waals surface area contributed by atoms with Gasteiger partial charge in [0, 0.05) is 5.56 Å². The minimum absolute atomic E-state index is 0.0211. The van der Waals surface area contributed by atoms with Crippen molar-refractivity contribution in [1.29, 1.82) is 5.26 Å². The van der Waals surface area contributed by atoms with Gasteiger partial charge in [0.05, 0.1) is 0 Å². The number of carbonyl (C=O) groups excluding carboxylic acids is 1. The molecule has 2 rings (SSSR count). The fourth-order valence-corrected chi connectivity index (χ4v) is 2.18. The number of aromatic hydroxyl groups is 1. The molecule has 0 aliphatic heterocycles. The van der Waals surface area contributed by atoms with Crippen LogP contribution < -0.4 is 4.74 Å². The maximum Gasteiger partial charge on any atom is 0.185 e. The number of hydrogen-bond donors (Lipinski definition) is 1. The van der Waals surface area contributed by atoms with Gasteiger partial charge in [-0.3, -0.25) is 4.79 Å². The average Bonchev–Trinajstić information content (AvgIpc) is 2.56. The Labute approximate surface area is 135 Å². The highest BCUT2D eigenvalue weighted by molar-refractivity contribution is 6.06. The SMILES string of the molecule is Cc1cc(/C=C/C(=O)c2ccc(OCC#N)cc2)cc(C)c1O. The molecule has 0 spiro atoms. The topological polar surface area (TPSA) is 70.3 Å². The maximum atomic E-state index is 12.2. The van der Waals surface area contributed by atoms with Crippen LogP contribution in [0.2, 0.25) is 0 Å². The molecule has 2 aromatic rings. The third kappa shape index (κ3) is 4.21. The summed E-state index contributed by atoms with van der Waals surface area (Å²) in [6, 6.07) is 12.2. The largest absolute Gasteiger partial charge is 0.507 e. The second-order valence-electron chi connectivity index (χ2n) is 5.17. The van der Waals surface area contributed by atoms with Crippen molar-refractivity contribution in [2.24, 2.45) is 0 Å². The van der Waals surface area contributed by atoms with Crippen LogP contribution in [0.3, 0.4) is 0 Å². The van der Waals surface area contributed by atoms with Crippen LogP contribution in [-0.4, -0.2) is 17.5 Å². The van der Waals surface area contributed by atoms with Crippen molar-refractivity contribution in [3.8, 4) is 17.6 Å². The Bertz CT molecular complexity index is 760. The summed E-state index contributed by atoms with van der Waals surface area (Å²) in [5.41, 5.74) is 2.95. The zero-order valence-electron chi connectivity index (χ0n) is 13.0. The first kappa shape index (κ1) is 16.3. The molecule has 0 amide bonds. The smallest absolute Gasteiger partial charge is 0.185 e. The summed E-state index contributed by atoms with van der Waals surface area (Å²) in [5, 5.41) is 18.2. The lowest BCUT2D eigenvalue weighted by molar-refractivity contribution is 0.104. The molecule has 0 radical (unpaired) electrons. The first-order valence-electron chi connectivity index (χ1n) is 7.13. The highest BCUT2D eigenvalue weighted by atomic mass is 16.5. The third-order valence-corrected chi connectivity index (χ3v) is 3.38. The lowest BCUT2D eigenvalue weighted by atomic mass is 10.0. The average molecular weight is 307 g/mol. The number of benzene rings is 2. The van der Waals surface area contributed by atoms with Gasteiger partial charge < -0.3 is 9.84 Å². The summed E-state index contributed by atoms with van der Waals surface area (Å²) in [4.78, 5) is 12.2. The molecular weight excluding hydrogens is 290 g/mol. The zero-order chi connectivity index (χ0) is 16.8. The molecule has 0 aliphatic carbocycles. The normalized spacial score (nSPS) is 10.5. The van der Waals surface area contributed by atoms with Crippen LogP contribution >= 0.6 is 0 Å². The Morgan fingerprint density at radius 1 is 1.22 bits per heavy atom. The van der Waals surface area contributed by atoms with Crippen LogP contribution in [0.1, 0.15) is 27.0 Å². The van der Waals surface area contributed by atoms with E-state index < -0.39 is 0 Å². The maximum absolute atomic E-state index is 12.2. The molecular formula is C19H17NO3. The molecule has 4 heteroatoms. The van der Waals surface area contributed by atoms with E-state index in [9.17, 15) is 9.90 Å². The molecule has 4 nitrogen and oxygen atoms in total. The molecule has 0 atom stereocenters. The summed E-state index contributed by atoms with van der Waals surface area (Å²) in [6.45, 7) is 3.62. The summed E-state index contributed by atoms with van der Waals surface area (Å²) < 4.78 is 5.14. The zero-order valence-corrected chi connectivity index (χ0v) is 13.0. The third-order valence-electron chi connectivity index (χ3n) is 3.38. The number of nitrogens with zero attached hydrogens (tertiary/aromatic N) is 1. The predicted molar refractivity (Wildman–Crippen MR) is 88.5 cm³/mol. The van der Waals surface area contributed by atoms with Crippen molar-refractivity contribution in [3.63, 3.8) is 0 Å². The highest BCUT2D eigenvalue weighted by Gasteiger charge is 2.04. The molecule has 0 saturated carbocycles. The number of rotatable bonds is 5. The Hall–Kier alpha value is -3.06. The fourth-order valence-electron chi connectivity index (χ4n) is 2.18. The molecule has 0 aromatic heterocycles. The van der Waals surface area contributed by atoms with Gasteiger partial charge in [0.25, 0.3) is 0 Å². The monoisotopic (exact) mass is 307 g/mol. The molecule has 116 valence electrons. The molecule has 0 bridgehead atoms. The van der Waals surface area contributed by atoms with E-state index in [0.717, 1.165) is 16.7 Å². The van der Waals surface area contributed by atoms with Gasteiger partial charge in [-0.05, 0) is 73.0 Å². The van der Waals surface area contributed by atoms with Crippen LogP contribution in [0.15, 0.2) is 42.5 Å². The first-order valence-corrected chi connectivity index (χ1v) is 7.13. The van der Waals surface area contributed by atoms with Crippen molar-refractivity contribution in [1.82, 2.24) is 0 Å². The summed E-state index contributed by atoms with van der Waals surface area (Å²) in [5.74, 6) is 0.707. The molecule has 0 heterocycles. The van der Waals surface area contributed by atoms with Gasteiger partial charge in [-0.25, -0.2) is 0 Å². The fraction of sp³-hybridized carbons (Fsp3) is 0.158. The van der Waals surface area contributed by atoms with E-state index in [1.807, 2.05) is 32.0 Å². The van der Waals surface area contributed by atoms with Gasteiger partial charge in [0.2, 0.25) is 0 Å². The van der Waals surface area contributed by atoms with Crippen molar-refractivity contribution in [3.05, 3.63) is 64.7 Å². The van der Waals surface area contributed by atoms with Crippen LogP contribution in [0.5, 0.6) is 11.5 Å². The molecule has 0 fully saturated rings. The van der Waals surface area contributed by atoms with Crippen LogP contribution in [0, 0.1) is 25.2 Å². The molecule has 0 aliphatic rings. The van der Waals surface area contributed by atoms with Gasteiger partial charge in [-0.2, -0.15) is 5.26 Å². The summed E-state index contributed by atoms with van der Waals surface area (Å²) in [7, 11) is 0. The van der Waals surface area contributed by atoms with E-state index in [0.29, 0.717) is 11.3 Å². The van der Waals surface area contributed by atoms with Crippen LogP contribution in [0.25, 0.3) is 6.08 Å². The van der Waals surface area contributed by atoms with E-state index >= 15 is 0 Å². The van der Waals surface area contributed by atoms with Crippen molar-refractivity contribution in [2.45, 2.75) is 13.8 Å². The van der Waals surface area contributed by atoms with E-state index in [1.54, 1.807) is 30.3 Å². The van der Waals surface area contributed by atoms with Crippen molar-refractivity contribution in [2.75, 3.05) is 6.61 Å². The Kier molecular flexibility index (Phi) is 5.16. The van der Waals surface area contributed by atoms with Gasteiger partial charge >= 0.3 is 0 Å². The van der Waals surface area contributed by atoms with Crippen LogP contribution in [0.4, 0.5) is 0 Å². The summed E-state index contributed by atoms with van der Waals surface area (Å²) in [6.07, 6.45) is 3.22. The Morgan fingerprint density at radius 3 is 2.39 bits per heavy atom. The molecule has 2 aromatic carbocycles. The predicted octanol–water partition coefficient (Wildman–Crippen LogP) is 3.81. The highest BCUT2D eigenvalue weighted by Crippen LogP contribution is 2.23. The number of aryl methyl sites for hydroxylation is 2. The second-order valence-corrected chi connectivity index (χ2v) is 5.17. The number of ether oxygens (including phenoxy) is 1. The van der Waals surface area contributed by atoms with Gasteiger partial charge in [-0.1, -0.05) is 6.08 Å².